The molecule has 7 heteroatoms. The molecule has 0 aliphatic carbocycles. The summed E-state index contributed by atoms with van der Waals surface area (Å²) in [6, 6.07) is 5.16. The average molecular weight is 340 g/mol. The van der Waals surface area contributed by atoms with Crippen LogP contribution in [0.1, 0.15) is 6.92 Å². The van der Waals surface area contributed by atoms with Crippen LogP contribution in [0.5, 0.6) is 0 Å². The van der Waals surface area contributed by atoms with Crippen molar-refractivity contribution in [2.75, 3.05) is 24.5 Å². The van der Waals surface area contributed by atoms with E-state index in [1.165, 1.54) is 6.07 Å². The first-order valence-corrected chi connectivity index (χ1v) is 7.29. The van der Waals surface area contributed by atoms with E-state index < -0.39 is 0 Å². The first-order chi connectivity index (χ1) is 9.63. The van der Waals surface area contributed by atoms with Crippen molar-refractivity contribution in [3.05, 3.63) is 28.5 Å². The summed E-state index contributed by atoms with van der Waals surface area (Å²) in [6.07, 6.45) is 0. The van der Waals surface area contributed by atoms with Crippen molar-refractivity contribution in [3.63, 3.8) is 0 Å². The first kappa shape index (κ1) is 13.5. The van der Waals surface area contributed by atoms with E-state index in [1.54, 1.807) is 12.1 Å². The molecule has 1 atom stereocenters. The molecule has 3 rings (SSSR count). The number of aromatic amines is 1. The Hall–Kier alpha value is -1.47. The second kappa shape index (κ2) is 5.49. The quantitative estimate of drug-likeness (QED) is 0.880. The number of aromatic nitrogens is 3. The second-order valence-corrected chi connectivity index (χ2v) is 5.83. The van der Waals surface area contributed by atoms with Gasteiger partial charge in [0, 0.05) is 30.1 Å². The van der Waals surface area contributed by atoms with E-state index >= 15 is 0 Å². The van der Waals surface area contributed by atoms with E-state index in [4.69, 9.17) is 0 Å². The number of nitrogens with one attached hydrogen (secondary N) is 2. The molecule has 2 aromatic rings. The van der Waals surface area contributed by atoms with Gasteiger partial charge in [0.25, 0.3) is 0 Å². The predicted octanol–water partition coefficient (Wildman–Crippen LogP) is 2.17. The van der Waals surface area contributed by atoms with Crippen LogP contribution in [0.25, 0.3) is 11.4 Å². The molecule has 1 aromatic heterocycles. The molecule has 1 fully saturated rings. The van der Waals surface area contributed by atoms with Crippen LogP contribution < -0.4 is 10.2 Å². The fraction of sp³-hybridized carbons (Fsp3) is 0.385. The molecule has 20 heavy (non-hydrogen) atoms. The van der Waals surface area contributed by atoms with Gasteiger partial charge in [-0.15, -0.1) is 5.10 Å². The number of halogens is 2. The molecular weight excluding hydrogens is 325 g/mol. The lowest BCUT2D eigenvalue weighted by Crippen LogP contribution is -2.49. The maximum Gasteiger partial charge on any atom is 0.245 e. The number of nitrogens with zero attached hydrogens (tertiary/aromatic N) is 3. The van der Waals surface area contributed by atoms with Crippen LogP contribution in [-0.2, 0) is 0 Å². The predicted molar refractivity (Wildman–Crippen MR) is 79.2 cm³/mol. The van der Waals surface area contributed by atoms with Crippen molar-refractivity contribution in [2.24, 2.45) is 0 Å². The van der Waals surface area contributed by atoms with Crippen LogP contribution >= 0.6 is 15.9 Å². The molecule has 0 amide bonds. The zero-order chi connectivity index (χ0) is 14.1. The molecule has 0 spiro atoms. The number of piperazine rings is 1. The Labute approximate surface area is 124 Å². The van der Waals surface area contributed by atoms with E-state index in [2.05, 4.69) is 48.3 Å². The minimum absolute atomic E-state index is 0.315. The SMILES string of the molecule is C[C@H]1CN(c2n[nH]c(-c3cc(Br)ccc3F)n2)CCN1. The molecule has 1 aliphatic heterocycles. The van der Waals surface area contributed by atoms with E-state index in [9.17, 15) is 4.39 Å². The molecule has 1 aliphatic rings. The highest BCUT2D eigenvalue weighted by Crippen LogP contribution is 2.24. The van der Waals surface area contributed by atoms with Crippen LogP contribution in [0.15, 0.2) is 22.7 Å². The third-order valence-electron chi connectivity index (χ3n) is 3.31. The Bertz CT molecular complexity index is 615. The highest BCUT2D eigenvalue weighted by Gasteiger charge is 2.20. The molecule has 2 heterocycles. The van der Waals surface area contributed by atoms with Gasteiger partial charge in [-0.3, -0.25) is 5.10 Å². The summed E-state index contributed by atoms with van der Waals surface area (Å²) in [6.45, 7) is 4.71. The topological polar surface area (TPSA) is 56.8 Å². The molecule has 1 saturated heterocycles. The molecule has 0 radical (unpaired) electrons. The first-order valence-electron chi connectivity index (χ1n) is 6.49. The van der Waals surface area contributed by atoms with Gasteiger partial charge in [0.2, 0.25) is 5.95 Å². The van der Waals surface area contributed by atoms with Crippen molar-refractivity contribution in [1.82, 2.24) is 20.5 Å². The molecule has 2 N–H and O–H groups in total. The van der Waals surface area contributed by atoms with Crippen molar-refractivity contribution in [1.29, 1.82) is 0 Å². The minimum atomic E-state index is -0.315. The summed E-state index contributed by atoms with van der Waals surface area (Å²) in [5, 5.41) is 10.4. The standard InChI is InChI=1S/C13H15BrFN5/c1-8-7-20(5-4-16-8)13-17-12(18-19-13)10-6-9(14)2-3-11(10)15/h2-3,6,8,16H,4-5,7H2,1H3,(H,17,18,19)/t8-/m0/s1. The van der Waals surface area contributed by atoms with E-state index in [-0.39, 0.29) is 5.82 Å². The van der Waals surface area contributed by atoms with Crippen LogP contribution in [0.2, 0.25) is 0 Å². The average Bonchev–Trinajstić information content (AvgIpc) is 2.91. The third kappa shape index (κ3) is 2.69. The van der Waals surface area contributed by atoms with Gasteiger partial charge in [-0.25, -0.2) is 4.39 Å². The van der Waals surface area contributed by atoms with Gasteiger partial charge in [-0.1, -0.05) is 15.9 Å². The number of hydrogen-bond donors (Lipinski definition) is 2. The summed E-state index contributed by atoms with van der Waals surface area (Å²) in [7, 11) is 0. The van der Waals surface area contributed by atoms with Crippen LogP contribution in [0.3, 0.4) is 0 Å². The highest BCUT2D eigenvalue weighted by molar-refractivity contribution is 9.10. The zero-order valence-corrected chi connectivity index (χ0v) is 12.6. The number of benzene rings is 1. The Morgan fingerprint density at radius 1 is 1.45 bits per heavy atom. The summed E-state index contributed by atoms with van der Waals surface area (Å²) in [4.78, 5) is 6.51. The fourth-order valence-corrected chi connectivity index (χ4v) is 2.67. The fourth-order valence-electron chi connectivity index (χ4n) is 2.31. The monoisotopic (exact) mass is 339 g/mol. The number of hydrogen-bond acceptors (Lipinski definition) is 4. The highest BCUT2D eigenvalue weighted by atomic mass is 79.9. The molecule has 5 nitrogen and oxygen atoms in total. The second-order valence-electron chi connectivity index (χ2n) is 4.91. The van der Waals surface area contributed by atoms with Crippen molar-refractivity contribution >= 4 is 21.9 Å². The van der Waals surface area contributed by atoms with Crippen molar-refractivity contribution in [2.45, 2.75) is 13.0 Å². The summed E-state index contributed by atoms with van der Waals surface area (Å²) in [5.41, 5.74) is 0.418. The van der Waals surface area contributed by atoms with E-state index in [0.717, 1.165) is 24.1 Å². The molecule has 0 bridgehead atoms. The Morgan fingerprint density at radius 2 is 2.30 bits per heavy atom. The van der Waals surface area contributed by atoms with Crippen LogP contribution in [-0.4, -0.2) is 40.9 Å². The normalized spacial score (nSPS) is 19.4. The molecule has 0 saturated carbocycles. The lowest BCUT2D eigenvalue weighted by Gasteiger charge is -2.30. The smallest absolute Gasteiger partial charge is 0.245 e. The Morgan fingerprint density at radius 3 is 3.10 bits per heavy atom. The van der Waals surface area contributed by atoms with Crippen LogP contribution in [0.4, 0.5) is 10.3 Å². The number of anilines is 1. The maximum atomic E-state index is 13.8. The number of rotatable bonds is 2. The van der Waals surface area contributed by atoms with Crippen molar-refractivity contribution < 1.29 is 4.39 Å². The van der Waals surface area contributed by atoms with Gasteiger partial charge < -0.3 is 10.2 Å². The largest absolute Gasteiger partial charge is 0.337 e. The molecule has 106 valence electrons. The number of H-pyrrole nitrogens is 1. The Balaban J connectivity index is 1.88. The van der Waals surface area contributed by atoms with Gasteiger partial charge in [0.1, 0.15) is 5.82 Å². The minimum Gasteiger partial charge on any atom is -0.337 e. The molecule has 0 unspecified atom stereocenters. The molecular formula is C13H15BrFN5. The van der Waals surface area contributed by atoms with Gasteiger partial charge in [0.05, 0.1) is 5.56 Å². The van der Waals surface area contributed by atoms with E-state index in [1.807, 2.05) is 0 Å². The summed E-state index contributed by atoms with van der Waals surface area (Å²) in [5.74, 6) is 0.752. The Kier molecular flexibility index (Phi) is 3.71. The van der Waals surface area contributed by atoms with Gasteiger partial charge >= 0.3 is 0 Å². The third-order valence-corrected chi connectivity index (χ3v) is 3.80. The van der Waals surface area contributed by atoms with E-state index in [0.29, 0.717) is 23.4 Å². The maximum absolute atomic E-state index is 13.8. The van der Waals surface area contributed by atoms with Gasteiger partial charge in [0.15, 0.2) is 5.82 Å². The van der Waals surface area contributed by atoms with Gasteiger partial charge in [-0.2, -0.15) is 4.98 Å². The van der Waals surface area contributed by atoms with Crippen molar-refractivity contribution in [3.8, 4) is 11.4 Å². The lowest BCUT2D eigenvalue weighted by molar-refractivity contribution is 0.480. The van der Waals surface area contributed by atoms with Crippen LogP contribution in [0, 0.1) is 5.82 Å². The lowest BCUT2D eigenvalue weighted by atomic mass is 10.2. The summed E-state index contributed by atoms with van der Waals surface area (Å²) < 4.78 is 14.6. The van der Waals surface area contributed by atoms with Gasteiger partial charge in [-0.05, 0) is 25.1 Å². The molecule has 1 aromatic carbocycles. The summed E-state index contributed by atoms with van der Waals surface area (Å²) >= 11 is 3.34. The zero-order valence-electron chi connectivity index (χ0n) is 11.0.